The molecule has 3 rings (SSSR count). The first-order valence-electron chi connectivity index (χ1n) is 6.59. The zero-order valence-corrected chi connectivity index (χ0v) is 11.1. The van der Waals surface area contributed by atoms with Gasteiger partial charge in [0, 0.05) is 18.0 Å². The van der Waals surface area contributed by atoms with Gasteiger partial charge in [-0.05, 0) is 17.2 Å². The number of hydrogen-bond acceptors (Lipinski definition) is 2. The molecule has 0 aliphatic rings. The highest BCUT2D eigenvalue weighted by atomic mass is 16.5. The van der Waals surface area contributed by atoms with Crippen molar-refractivity contribution in [1.29, 1.82) is 0 Å². The first kappa shape index (κ1) is 12.4. The third kappa shape index (κ3) is 2.86. The first-order valence-corrected chi connectivity index (χ1v) is 6.59. The fourth-order valence-corrected chi connectivity index (χ4v) is 2.08. The standard InChI is InChI=1S/C18H15NO/c1-3-7-15(8-4-1)14-20-18-11-12-19-13-17(18)16-9-5-2-6-10-16/h1-13H,14H2. The van der Waals surface area contributed by atoms with Crippen molar-refractivity contribution in [3.8, 4) is 16.9 Å². The summed E-state index contributed by atoms with van der Waals surface area (Å²) < 4.78 is 5.94. The van der Waals surface area contributed by atoms with Crippen LogP contribution in [0.25, 0.3) is 11.1 Å². The van der Waals surface area contributed by atoms with Crippen LogP contribution in [-0.4, -0.2) is 4.98 Å². The van der Waals surface area contributed by atoms with Gasteiger partial charge in [0.05, 0.1) is 0 Å². The predicted molar refractivity (Wildman–Crippen MR) is 80.4 cm³/mol. The maximum absolute atomic E-state index is 5.94. The normalized spacial score (nSPS) is 10.2. The Morgan fingerprint density at radius 3 is 2.25 bits per heavy atom. The van der Waals surface area contributed by atoms with Crippen molar-refractivity contribution in [3.63, 3.8) is 0 Å². The molecule has 0 atom stereocenters. The number of aromatic nitrogens is 1. The minimum atomic E-state index is 0.560. The number of rotatable bonds is 4. The Bertz CT molecular complexity index is 665. The molecule has 0 aliphatic heterocycles. The van der Waals surface area contributed by atoms with Gasteiger partial charge in [0.25, 0.3) is 0 Å². The molecule has 2 heteroatoms. The van der Waals surface area contributed by atoms with Crippen LogP contribution in [0.15, 0.2) is 79.1 Å². The van der Waals surface area contributed by atoms with Crippen LogP contribution >= 0.6 is 0 Å². The summed E-state index contributed by atoms with van der Waals surface area (Å²) in [5.41, 5.74) is 3.29. The van der Waals surface area contributed by atoms with E-state index in [1.165, 1.54) is 0 Å². The van der Waals surface area contributed by atoms with E-state index in [2.05, 4.69) is 29.2 Å². The third-order valence-electron chi connectivity index (χ3n) is 3.10. The maximum Gasteiger partial charge on any atom is 0.130 e. The number of ether oxygens (including phenoxy) is 1. The molecule has 0 spiro atoms. The van der Waals surface area contributed by atoms with Gasteiger partial charge >= 0.3 is 0 Å². The summed E-state index contributed by atoms with van der Waals surface area (Å²) in [6.45, 7) is 0.560. The smallest absolute Gasteiger partial charge is 0.130 e. The van der Waals surface area contributed by atoms with Crippen molar-refractivity contribution >= 4 is 0 Å². The lowest BCUT2D eigenvalue weighted by Gasteiger charge is -2.11. The van der Waals surface area contributed by atoms with Crippen LogP contribution in [0.3, 0.4) is 0 Å². The molecule has 0 unspecified atom stereocenters. The highest BCUT2D eigenvalue weighted by molar-refractivity contribution is 5.69. The van der Waals surface area contributed by atoms with Crippen molar-refractivity contribution in [1.82, 2.24) is 4.98 Å². The first-order chi connectivity index (χ1) is 9.93. The second-order valence-electron chi connectivity index (χ2n) is 4.51. The molecule has 98 valence electrons. The zero-order valence-electron chi connectivity index (χ0n) is 11.1. The largest absolute Gasteiger partial charge is 0.488 e. The molecule has 2 nitrogen and oxygen atoms in total. The van der Waals surface area contributed by atoms with Crippen LogP contribution in [0, 0.1) is 0 Å². The third-order valence-corrected chi connectivity index (χ3v) is 3.10. The van der Waals surface area contributed by atoms with Crippen LogP contribution in [0.2, 0.25) is 0 Å². The van der Waals surface area contributed by atoms with Gasteiger partial charge in [-0.15, -0.1) is 0 Å². The van der Waals surface area contributed by atoms with Crippen LogP contribution in [-0.2, 0) is 6.61 Å². The summed E-state index contributed by atoms with van der Waals surface area (Å²) in [7, 11) is 0. The van der Waals surface area contributed by atoms with E-state index >= 15 is 0 Å². The average Bonchev–Trinajstić information content (AvgIpc) is 2.55. The average molecular weight is 261 g/mol. The second kappa shape index (κ2) is 6.02. The number of benzene rings is 2. The fourth-order valence-electron chi connectivity index (χ4n) is 2.08. The van der Waals surface area contributed by atoms with Crippen molar-refractivity contribution in [3.05, 3.63) is 84.7 Å². The number of hydrogen-bond donors (Lipinski definition) is 0. The molecule has 0 fully saturated rings. The summed E-state index contributed by atoms with van der Waals surface area (Å²) in [5.74, 6) is 0.857. The lowest BCUT2D eigenvalue weighted by Crippen LogP contribution is -1.97. The molecule has 0 amide bonds. The summed E-state index contributed by atoms with van der Waals surface area (Å²) in [5, 5.41) is 0. The highest BCUT2D eigenvalue weighted by Gasteiger charge is 2.06. The highest BCUT2D eigenvalue weighted by Crippen LogP contribution is 2.29. The minimum absolute atomic E-state index is 0.560. The van der Waals surface area contributed by atoms with Crippen molar-refractivity contribution in [2.24, 2.45) is 0 Å². The Morgan fingerprint density at radius 2 is 1.50 bits per heavy atom. The van der Waals surface area contributed by atoms with Gasteiger partial charge in [-0.1, -0.05) is 60.7 Å². The molecular formula is C18H15NO. The Hall–Kier alpha value is -2.61. The van der Waals surface area contributed by atoms with Gasteiger partial charge in [-0.25, -0.2) is 0 Å². The molecule has 3 aromatic rings. The van der Waals surface area contributed by atoms with Crippen molar-refractivity contribution < 1.29 is 4.74 Å². The molecule has 0 aliphatic carbocycles. The molecular weight excluding hydrogens is 246 g/mol. The van der Waals surface area contributed by atoms with Gasteiger partial charge < -0.3 is 4.74 Å². The van der Waals surface area contributed by atoms with Crippen LogP contribution < -0.4 is 4.74 Å². The van der Waals surface area contributed by atoms with E-state index in [1.807, 2.05) is 48.7 Å². The van der Waals surface area contributed by atoms with E-state index in [0.717, 1.165) is 22.4 Å². The van der Waals surface area contributed by atoms with E-state index in [-0.39, 0.29) is 0 Å². The molecule has 0 N–H and O–H groups in total. The van der Waals surface area contributed by atoms with Gasteiger partial charge in [0.15, 0.2) is 0 Å². The Labute approximate surface area is 118 Å². The van der Waals surface area contributed by atoms with Crippen LogP contribution in [0.5, 0.6) is 5.75 Å². The molecule has 2 aromatic carbocycles. The van der Waals surface area contributed by atoms with Crippen LogP contribution in [0.4, 0.5) is 0 Å². The van der Waals surface area contributed by atoms with Gasteiger partial charge in [-0.3, -0.25) is 4.98 Å². The van der Waals surface area contributed by atoms with Gasteiger partial charge in [-0.2, -0.15) is 0 Å². The summed E-state index contributed by atoms with van der Waals surface area (Å²) in [6, 6.07) is 22.2. The van der Waals surface area contributed by atoms with Crippen LogP contribution in [0.1, 0.15) is 5.56 Å². The van der Waals surface area contributed by atoms with Gasteiger partial charge in [0.1, 0.15) is 12.4 Å². The van der Waals surface area contributed by atoms with Crippen molar-refractivity contribution in [2.45, 2.75) is 6.61 Å². The molecule has 0 radical (unpaired) electrons. The minimum Gasteiger partial charge on any atom is -0.488 e. The molecule has 0 bridgehead atoms. The second-order valence-corrected chi connectivity index (χ2v) is 4.51. The van der Waals surface area contributed by atoms with E-state index in [9.17, 15) is 0 Å². The van der Waals surface area contributed by atoms with E-state index in [1.54, 1.807) is 6.20 Å². The fraction of sp³-hybridized carbons (Fsp3) is 0.0556. The van der Waals surface area contributed by atoms with E-state index in [4.69, 9.17) is 4.74 Å². The Morgan fingerprint density at radius 1 is 0.800 bits per heavy atom. The summed E-state index contributed by atoms with van der Waals surface area (Å²) in [4.78, 5) is 4.20. The monoisotopic (exact) mass is 261 g/mol. The lowest BCUT2D eigenvalue weighted by atomic mass is 10.1. The lowest BCUT2D eigenvalue weighted by molar-refractivity contribution is 0.307. The number of pyridine rings is 1. The summed E-state index contributed by atoms with van der Waals surface area (Å²) in [6.07, 6.45) is 3.60. The Balaban J connectivity index is 1.84. The molecule has 20 heavy (non-hydrogen) atoms. The molecule has 0 saturated heterocycles. The van der Waals surface area contributed by atoms with E-state index < -0.39 is 0 Å². The Kier molecular flexibility index (Phi) is 3.74. The number of nitrogens with zero attached hydrogens (tertiary/aromatic N) is 1. The molecule has 1 heterocycles. The predicted octanol–water partition coefficient (Wildman–Crippen LogP) is 4.33. The molecule has 0 saturated carbocycles. The topological polar surface area (TPSA) is 22.1 Å². The molecule has 1 aromatic heterocycles. The van der Waals surface area contributed by atoms with Gasteiger partial charge in [0.2, 0.25) is 0 Å². The maximum atomic E-state index is 5.94. The SMILES string of the molecule is c1ccc(COc2ccncc2-c2ccccc2)cc1. The summed E-state index contributed by atoms with van der Waals surface area (Å²) >= 11 is 0. The zero-order chi connectivity index (χ0) is 13.6. The van der Waals surface area contributed by atoms with Crippen molar-refractivity contribution in [2.75, 3.05) is 0 Å². The quantitative estimate of drug-likeness (QED) is 0.697. The van der Waals surface area contributed by atoms with E-state index in [0.29, 0.717) is 6.61 Å².